The Morgan fingerprint density at radius 2 is 2.07 bits per heavy atom. The van der Waals surface area contributed by atoms with E-state index in [4.69, 9.17) is 4.74 Å². The maximum Gasteiger partial charge on any atom is 0.310 e. The van der Waals surface area contributed by atoms with Gasteiger partial charge in [0.15, 0.2) is 0 Å². The van der Waals surface area contributed by atoms with Gasteiger partial charge < -0.3 is 9.64 Å². The van der Waals surface area contributed by atoms with E-state index in [1.807, 2.05) is 18.2 Å². The van der Waals surface area contributed by atoms with Crippen LogP contribution in [-0.2, 0) is 9.53 Å². The monoisotopic (exact) mass is 366 g/mol. The van der Waals surface area contributed by atoms with E-state index < -0.39 is 0 Å². The lowest BCUT2D eigenvalue weighted by Gasteiger charge is -2.31. The van der Waals surface area contributed by atoms with Gasteiger partial charge in [0, 0.05) is 31.0 Å². The molecule has 2 aromatic rings. The fraction of sp³-hybridized carbons (Fsp3) is 0.409. The van der Waals surface area contributed by atoms with Gasteiger partial charge in [-0.05, 0) is 56.4 Å². The number of hydrogen-bond acceptors (Lipinski definition) is 4. The number of aryl methyl sites for hydroxylation is 1. The van der Waals surface area contributed by atoms with Crippen LogP contribution in [0.3, 0.4) is 0 Å². The Balaban J connectivity index is 1.81. The molecule has 1 saturated heterocycles. The number of esters is 1. The normalized spacial score (nSPS) is 16.9. The first-order valence-corrected chi connectivity index (χ1v) is 9.48. The number of aromatic nitrogens is 1. The maximum absolute atomic E-state index is 13.0. The fourth-order valence-electron chi connectivity index (χ4n) is 3.56. The summed E-state index contributed by atoms with van der Waals surface area (Å²) in [5, 5.41) is 0. The van der Waals surface area contributed by atoms with Crippen molar-refractivity contribution in [3.8, 4) is 11.1 Å². The lowest BCUT2D eigenvalue weighted by Crippen LogP contribution is -2.42. The van der Waals surface area contributed by atoms with E-state index in [1.54, 1.807) is 24.2 Å². The van der Waals surface area contributed by atoms with Crippen molar-refractivity contribution in [2.24, 2.45) is 5.92 Å². The first kappa shape index (κ1) is 19.1. The molecule has 1 amide bonds. The number of ether oxygens (including phenoxy) is 1. The van der Waals surface area contributed by atoms with Crippen LogP contribution in [-0.4, -0.2) is 41.5 Å². The van der Waals surface area contributed by atoms with Gasteiger partial charge in [-0.1, -0.05) is 18.2 Å². The van der Waals surface area contributed by atoms with Crippen LogP contribution < -0.4 is 0 Å². The van der Waals surface area contributed by atoms with Gasteiger partial charge in [-0.15, -0.1) is 0 Å². The molecule has 1 fully saturated rings. The molecule has 0 N–H and O–H groups in total. The molecule has 1 aromatic heterocycles. The number of pyridine rings is 1. The van der Waals surface area contributed by atoms with Crippen molar-refractivity contribution < 1.29 is 14.3 Å². The Hall–Kier alpha value is -2.69. The van der Waals surface area contributed by atoms with Crippen LogP contribution in [0.15, 0.2) is 36.7 Å². The zero-order valence-corrected chi connectivity index (χ0v) is 16.2. The van der Waals surface area contributed by atoms with Crippen LogP contribution in [0.4, 0.5) is 0 Å². The summed E-state index contributed by atoms with van der Waals surface area (Å²) < 4.78 is 5.13. The molecule has 1 aliphatic rings. The number of likely N-dealkylation sites (tertiary alicyclic amines) is 1. The molecule has 27 heavy (non-hydrogen) atoms. The van der Waals surface area contributed by atoms with Crippen molar-refractivity contribution >= 4 is 11.9 Å². The molecule has 0 radical (unpaired) electrons. The SMILES string of the molecule is CCOC(=O)C1CCCN(C(=O)c2cncc(-c3cccc(C)c3C)c2)C1. The average Bonchev–Trinajstić information content (AvgIpc) is 2.70. The minimum atomic E-state index is -0.238. The predicted octanol–water partition coefficient (Wildman–Crippen LogP) is 3.78. The number of hydrogen-bond donors (Lipinski definition) is 0. The second-order valence-corrected chi connectivity index (χ2v) is 7.05. The molecule has 3 rings (SSSR count). The summed E-state index contributed by atoms with van der Waals surface area (Å²) in [7, 11) is 0. The second kappa shape index (κ2) is 8.33. The third-order valence-electron chi connectivity index (χ3n) is 5.23. The zero-order chi connectivity index (χ0) is 19.4. The van der Waals surface area contributed by atoms with Gasteiger partial charge in [-0.3, -0.25) is 14.6 Å². The highest BCUT2D eigenvalue weighted by atomic mass is 16.5. The summed E-state index contributed by atoms with van der Waals surface area (Å²) >= 11 is 0. The molecule has 5 heteroatoms. The van der Waals surface area contributed by atoms with E-state index in [2.05, 4.69) is 24.9 Å². The van der Waals surface area contributed by atoms with Crippen molar-refractivity contribution in [1.29, 1.82) is 0 Å². The van der Waals surface area contributed by atoms with Crippen LogP contribution in [0, 0.1) is 19.8 Å². The van der Waals surface area contributed by atoms with Crippen molar-refractivity contribution in [2.75, 3.05) is 19.7 Å². The van der Waals surface area contributed by atoms with Gasteiger partial charge in [-0.2, -0.15) is 0 Å². The van der Waals surface area contributed by atoms with Crippen LogP contribution in [0.25, 0.3) is 11.1 Å². The molecule has 0 spiro atoms. The first-order valence-electron chi connectivity index (χ1n) is 9.48. The number of carbonyl (C=O) groups excluding carboxylic acids is 2. The van der Waals surface area contributed by atoms with Crippen molar-refractivity contribution in [2.45, 2.75) is 33.6 Å². The minimum absolute atomic E-state index is 0.0799. The van der Waals surface area contributed by atoms with Gasteiger partial charge in [0.2, 0.25) is 0 Å². The van der Waals surface area contributed by atoms with Gasteiger partial charge in [0.1, 0.15) is 0 Å². The van der Waals surface area contributed by atoms with Crippen LogP contribution in [0.5, 0.6) is 0 Å². The van der Waals surface area contributed by atoms with E-state index >= 15 is 0 Å². The summed E-state index contributed by atoms with van der Waals surface area (Å²) in [5.41, 5.74) is 4.96. The van der Waals surface area contributed by atoms with E-state index in [1.165, 1.54) is 11.1 Å². The number of benzene rings is 1. The first-order chi connectivity index (χ1) is 13.0. The number of nitrogens with zero attached hydrogens (tertiary/aromatic N) is 2. The number of rotatable bonds is 4. The topological polar surface area (TPSA) is 59.5 Å². The highest BCUT2D eigenvalue weighted by Crippen LogP contribution is 2.26. The molecular weight excluding hydrogens is 340 g/mol. The number of amides is 1. The van der Waals surface area contributed by atoms with Gasteiger partial charge >= 0.3 is 5.97 Å². The van der Waals surface area contributed by atoms with Gasteiger partial charge in [0.25, 0.3) is 5.91 Å². The largest absolute Gasteiger partial charge is 0.466 e. The van der Waals surface area contributed by atoms with E-state index in [9.17, 15) is 9.59 Å². The quantitative estimate of drug-likeness (QED) is 0.773. The Kier molecular flexibility index (Phi) is 5.89. The molecule has 142 valence electrons. The number of piperidine rings is 1. The summed E-state index contributed by atoms with van der Waals surface area (Å²) in [4.78, 5) is 31.1. The summed E-state index contributed by atoms with van der Waals surface area (Å²) in [6, 6.07) is 8.03. The molecule has 0 saturated carbocycles. The molecule has 0 bridgehead atoms. The predicted molar refractivity (Wildman–Crippen MR) is 104 cm³/mol. The highest BCUT2D eigenvalue weighted by Gasteiger charge is 2.30. The Bertz CT molecular complexity index is 847. The van der Waals surface area contributed by atoms with Crippen LogP contribution >= 0.6 is 0 Å². The highest BCUT2D eigenvalue weighted by molar-refractivity contribution is 5.95. The van der Waals surface area contributed by atoms with Crippen molar-refractivity contribution in [1.82, 2.24) is 9.88 Å². The molecule has 5 nitrogen and oxygen atoms in total. The molecule has 2 heterocycles. The van der Waals surface area contributed by atoms with E-state index in [0.717, 1.165) is 24.0 Å². The molecule has 1 aromatic carbocycles. The van der Waals surface area contributed by atoms with Crippen LogP contribution in [0.1, 0.15) is 41.3 Å². The average molecular weight is 366 g/mol. The molecule has 1 aliphatic heterocycles. The smallest absolute Gasteiger partial charge is 0.310 e. The Labute approximate surface area is 160 Å². The summed E-state index contributed by atoms with van der Waals surface area (Å²) in [5.74, 6) is -0.529. The lowest BCUT2D eigenvalue weighted by atomic mass is 9.96. The fourth-order valence-corrected chi connectivity index (χ4v) is 3.56. The van der Waals surface area contributed by atoms with Crippen LogP contribution in [0.2, 0.25) is 0 Å². The minimum Gasteiger partial charge on any atom is -0.466 e. The third-order valence-corrected chi connectivity index (χ3v) is 5.23. The molecular formula is C22H26N2O3. The Morgan fingerprint density at radius 1 is 1.26 bits per heavy atom. The number of carbonyl (C=O) groups is 2. The lowest BCUT2D eigenvalue weighted by molar-refractivity contribution is -0.149. The van der Waals surface area contributed by atoms with Crippen molar-refractivity contribution in [3.05, 3.63) is 53.3 Å². The molecule has 1 atom stereocenters. The summed E-state index contributed by atoms with van der Waals surface area (Å²) in [6.45, 7) is 7.38. The van der Waals surface area contributed by atoms with Gasteiger partial charge in [0.05, 0.1) is 18.1 Å². The Morgan fingerprint density at radius 3 is 2.85 bits per heavy atom. The van der Waals surface area contributed by atoms with Crippen molar-refractivity contribution in [3.63, 3.8) is 0 Å². The second-order valence-electron chi connectivity index (χ2n) is 7.05. The summed E-state index contributed by atoms with van der Waals surface area (Å²) in [6.07, 6.45) is 4.96. The standard InChI is InChI=1S/C22H26N2O3/c1-4-27-22(26)17-8-6-10-24(14-17)21(25)19-11-18(12-23-13-19)20-9-5-7-15(2)16(20)3/h5,7,9,11-13,17H,4,6,8,10,14H2,1-3H3. The maximum atomic E-state index is 13.0. The van der Waals surface area contributed by atoms with Gasteiger partial charge in [-0.25, -0.2) is 0 Å². The zero-order valence-electron chi connectivity index (χ0n) is 16.2. The van der Waals surface area contributed by atoms with E-state index in [-0.39, 0.29) is 17.8 Å². The molecule has 1 unspecified atom stereocenters. The molecule has 0 aliphatic carbocycles. The third kappa shape index (κ3) is 4.18. The van der Waals surface area contributed by atoms with E-state index in [0.29, 0.717) is 25.3 Å².